The molecular weight excluding hydrogens is 310 g/mol. The van der Waals surface area contributed by atoms with Crippen LogP contribution in [0.25, 0.3) is 0 Å². The predicted octanol–water partition coefficient (Wildman–Crippen LogP) is 5.02. The summed E-state index contributed by atoms with van der Waals surface area (Å²) in [5.41, 5.74) is 5.38. The second-order valence-electron chi connectivity index (χ2n) is 5.04. The molecule has 0 aliphatic heterocycles. The molecule has 1 atom stereocenters. The van der Waals surface area contributed by atoms with Crippen LogP contribution in [0.4, 0.5) is 0 Å². The first-order chi connectivity index (χ1) is 9.67. The molecule has 0 saturated heterocycles. The number of rotatable bonds is 5. The summed E-state index contributed by atoms with van der Waals surface area (Å²) in [6.45, 7) is 7.48. The molecule has 0 aliphatic rings. The minimum absolute atomic E-state index is 0.254. The molecule has 0 fully saturated rings. The molecule has 0 amide bonds. The van der Waals surface area contributed by atoms with Gasteiger partial charge in [-0.05, 0) is 48.2 Å². The molecule has 0 heterocycles. The summed E-state index contributed by atoms with van der Waals surface area (Å²) in [5.74, 6) is 0. The zero-order valence-electron chi connectivity index (χ0n) is 12.4. The minimum atomic E-state index is 0.254. The highest BCUT2D eigenvalue weighted by Gasteiger charge is 2.16. The molecule has 1 nitrogen and oxygen atoms in total. The Morgan fingerprint density at radius 3 is 2.55 bits per heavy atom. The summed E-state index contributed by atoms with van der Waals surface area (Å²) in [6, 6.07) is 15.6. The number of nitrogens with one attached hydrogen (secondary N) is 1. The van der Waals surface area contributed by atoms with Crippen LogP contribution < -0.4 is 5.32 Å². The zero-order valence-corrected chi connectivity index (χ0v) is 14.0. The van der Waals surface area contributed by atoms with Crippen LogP contribution in [-0.4, -0.2) is 6.54 Å². The SMILES string of the molecule is CCNC(c1cccc(CC)c1)c1cccc(Br)c1C. The Hall–Kier alpha value is -1.12. The monoisotopic (exact) mass is 331 g/mol. The molecule has 1 unspecified atom stereocenters. The van der Waals surface area contributed by atoms with Crippen molar-refractivity contribution in [1.29, 1.82) is 0 Å². The van der Waals surface area contributed by atoms with Crippen molar-refractivity contribution in [2.24, 2.45) is 0 Å². The smallest absolute Gasteiger partial charge is 0.0579 e. The number of benzene rings is 2. The molecule has 2 aromatic carbocycles. The van der Waals surface area contributed by atoms with E-state index in [0.29, 0.717) is 0 Å². The lowest BCUT2D eigenvalue weighted by molar-refractivity contribution is 0.626. The number of hydrogen-bond acceptors (Lipinski definition) is 1. The Morgan fingerprint density at radius 2 is 1.85 bits per heavy atom. The maximum absolute atomic E-state index is 3.64. The fraction of sp³-hybridized carbons (Fsp3) is 0.333. The summed E-state index contributed by atoms with van der Waals surface area (Å²) >= 11 is 3.64. The Morgan fingerprint density at radius 1 is 1.10 bits per heavy atom. The number of halogens is 1. The molecule has 20 heavy (non-hydrogen) atoms. The fourth-order valence-corrected chi connectivity index (χ4v) is 2.92. The summed E-state index contributed by atoms with van der Waals surface area (Å²) in [5, 5.41) is 3.61. The third-order valence-electron chi connectivity index (χ3n) is 3.72. The van der Waals surface area contributed by atoms with Crippen molar-refractivity contribution in [2.75, 3.05) is 6.54 Å². The van der Waals surface area contributed by atoms with E-state index in [1.54, 1.807) is 0 Å². The molecule has 0 radical (unpaired) electrons. The van der Waals surface area contributed by atoms with Gasteiger partial charge < -0.3 is 5.32 Å². The van der Waals surface area contributed by atoms with Crippen LogP contribution in [-0.2, 0) is 6.42 Å². The molecule has 1 N–H and O–H groups in total. The molecule has 0 aliphatic carbocycles. The van der Waals surface area contributed by atoms with Crippen LogP contribution in [0.15, 0.2) is 46.9 Å². The van der Waals surface area contributed by atoms with Crippen LogP contribution in [0.5, 0.6) is 0 Å². The Bertz CT molecular complexity index is 577. The maximum atomic E-state index is 3.64. The van der Waals surface area contributed by atoms with Gasteiger partial charge >= 0.3 is 0 Å². The first-order valence-electron chi connectivity index (χ1n) is 7.24. The van der Waals surface area contributed by atoms with Gasteiger partial charge in [-0.2, -0.15) is 0 Å². The van der Waals surface area contributed by atoms with E-state index in [4.69, 9.17) is 0 Å². The van der Waals surface area contributed by atoms with E-state index in [9.17, 15) is 0 Å². The van der Waals surface area contributed by atoms with Crippen molar-refractivity contribution in [3.8, 4) is 0 Å². The second kappa shape index (κ2) is 7.05. The van der Waals surface area contributed by atoms with Crippen molar-refractivity contribution in [3.63, 3.8) is 0 Å². The van der Waals surface area contributed by atoms with E-state index in [2.05, 4.69) is 84.5 Å². The summed E-state index contributed by atoms with van der Waals surface area (Å²) in [6.07, 6.45) is 1.07. The molecule has 0 saturated carbocycles. The van der Waals surface area contributed by atoms with E-state index in [1.165, 1.54) is 26.7 Å². The lowest BCUT2D eigenvalue weighted by Crippen LogP contribution is -2.23. The zero-order chi connectivity index (χ0) is 14.5. The van der Waals surface area contributed by atoms with E-state index in [-0.39, 0.29) is 6.04 Å². The average Bonchev–Trinajstić information content (AvgIpc) is 2.48. The first kappa shape index (κ1) is 15.3. The van der Waals surface area contributed by atoms with Gasteiger partial charge in [-0.3, -0.25) is 0 Å². The van der Waals surface area contributed by atoms with Crippen LogP contribution in [0.3, 0.4) is 0 Å². The third kappa shape index (κ3) is 3.31. The maximum Gasteiger partial charge on any atom is 0.0579 e. The third-order valence-corrected chi connectivity index (χ3v) is 4.58. The van der Waals surface area contributed by atoms with Crippen molar-refractivity contribution in [2.45, 2.75) is 33.2 Å². The van der Waals surface area contributed by atoms with E-state index in [0.717, 1.165) is 13.0 Å². The van der Waals surface area contributed by atoms with Crippen molar-refractivity contribution in [1.82, 2.24) is 5.32 Å². The average molecular weight is 332 g/mol. The second-order valence-corrected chi connectivity index (χ2v) is 5.90. The topological polar surface area (TPSA) is 12.0 Å². The van der Waals surface area contributed by atoms with Crippen molar-refractivity contribution < 1.29 is 0 Å². The molecule has 2 aromatic rings. The van der Waals surface area contributed by atoms with Gasteiger partial charge in [-0.25, -0.2) is 0 Å². The van der Waals surface area contributed by atoms with Crippen molar-refractivity contribution >= 4 is 15.9 Å². The molecular formula is C18H22BrN. The van der Waals surface area contributed by atoms with Gasteiger partial charge in [0, 0.05) is 4.47 Å². The molecule has 2 rings (SSSR count). The van der Waals surface area contributed by atoms with E-state index >= 15 is 0 Å². The van der Waals surface area contributed by atoms with Gasteiger partial charge in [0.25, 0.3) is 0 Å². The normalized spacial score (nSPS) is 12.4. The molecule has 0 spiro atoms. The van der Waals surface area contributed by atoms with Crippen LogP contribution in [0.1, 0.15) is 42.1 Å². The number of hydrogen-bond donors (Lipinski definition) is 1. The van der Waals surface area contributed by atoms with Crippen LogP contribution >= 0.6 is 15.9 Å². The summed E-state index contributed by atoms with van der Waals surface area (Å²) in [4.78, 5) is 0. The Labute approximate surface area is 130 Å². The van der Waals surface area contributed by atoms with Gasteiger partial charge in [0.1, 0.15) is 0 Å². The van der Waals surface area contributed by atoms with Gasteiger partial charge in [0.05, 0.1) is 6.04 Å². The quantitative estimate of drug-likeness (QED) is 0.811. The molecule has 0 bridgehead atoms. The largest absolute Gasteiger partial charge is 0.307 e. The summed E-state index contributed by atoms with van der Waals surface area (Å²) < 4.78 is 1.17. The highest BCUT2D eigenvalue weighted by molar-refractivity contribution is 9.10. The summed E-state index contributed by atoms with van der Waals surface area (Å²) in [7, 11) is 0. The number of aryl methyl sites for hydroxylation is 1. The standard InChI is InChI=1S/C18H22BrN/c1-4-14-8-6-9-15(12-14)18(20-5-2)16-10-7-11-17(19)13(16)3/h6-12,18,20H,4-5H2,1-3H3. The predicted molar refractivity (Wildman–Crippen MR) is 90.2 cm³/mol. The molecule has 2 heteroatoms. The highest BCUT2D eigenvalue weighted by atomic mass is 79.9. The lowest BCUT2D eigenvalue weighted by atomic mass is 9.93. The van der Waals surface area contributed by atoms with Crippen LogP contribution in [0, 0.1) is 6.92 Å². The van der Waals surface area contributed by atoms with E-state index in [1.807, 2.05) is 0 Å². The van der Waals surface area contributed by atoms with Gasteiger partial charge in [0.2, 0.25) is 0 Å². The Kier molecular flexibility index (Phi) is 5.38. The minimum Gasteiger partial charge on any atom is -0.307 e. The van der Waals surface area contributed by atoms with E-state index < -0.39 is 0 Å². The van der Waals surface area contributed by atoms with Crippen molar-refractivity contribution in [3.05, 3.63) is 69.2 Å². The fourth-order valence-electron chi connectivity index (χ4n) is 2.54. The lowest BCUT2D eigenvalue weighted by Gasteiger charge is -2.22. The van der Waals surface area contributed by atoms with Gasteiger partial charge in [-0.1, -0.05) is 66.2 Å². The Balaban J connectivity index is 2.47. The first-order valence-corrected chi connectivity index (χ1v) is 8.03. The molecule has 106 valence electrons. The van der Waals surface area contributed by atoms with Gasteiger partial charge in [-0.15, -0.1) is 0 Å². The highest BCUT2D eigenvalue weighted by Crippen LogP contribution is 2.29. The molecule has 0 aromatic heterocycles. The van der Waals surface area contributed by atoms with Crippen LogP contribution in [0.2, 0.25) is 0 Å². The van der Waals surface area contributed by atoms with Gasteiger partial charge in [0.15, 0.2) is 0 Å².